The minimum absolute atomic E-state index is 0.0578. The molecule has 0 aliphatic carbocycles. The number of ether oxygens (including phenoxy) is 1. The zero-order valence-corrected chi connectivity index (χ0v) is 18.4. The number of H-pyrrole nitrogens is 1. The van der Waals surface area contributed by atoms with Gasteiger partial charge in [-0.05, 0) is 43.2 Å². The van der Waals surface area contributed by atoms with Gasteiger partial charge in [0.2, 0.25) is 0 Å². The number of aromatic amines is 1. The topological polar surface area (TPSA) is 112 Å². The molecule has 0 bridgehead atoms. The highest BCUT2D eigenvalue weighted by atomic mass is 16.5. The van der Waals surface area contributed by atoms with Gasteiger partial charge >= 0.3 is 0 Å². The van der Waals surface area contributed by atoms with Crippen molar-refractivity contribution < 1.29 is 14.9 Å². The van der Waals surface area contributed by atoms with E-state index in [0.29, 0.717) is 29.8 Å². The van der Waals surface area contributed by atoms with E-state index in [4.69, 9.17) is 4.74 Å². The maximum Gasteiger partial charge on any atom is 0.260 e. The molecule has 33 heavy (non-hydrogen) atoms. The van der Waals surface area contributed by atoms with Crippen LogP contribution < -0.4 is 15.6 Å². The third kappa shape index (κ3) is 3.67. The molecular formula is C25H26N4O4. The van der Waals surface area contributed by atoms with E-state index in [1.165, 1.54) is 0 Å². The third-order valence-corrected chi connectivity index (χ3v) is 6.17. The van der Waals surface area contributed by atoms with Crippen molar-refractivity contribution in [1.82, 2.24) is 20.1 Å². The molecule has 2 aromatic carbocycles. The highest BCUT2D eigenvalue weighted by Gasteiger charge is 2.30. The van der Waals surface area contributed by atoms with Crippen LogP contribution in [0.5, 0.6) is 11.5 Å². The van der Waals surface area contributed by atoms with E-state index in [1.54, 1.807) is 23.8 Å². The molecule has 0 saturated heterocycles. The van der Waals surface area contributed by atoms with Crippen LogP contribution in [-0.4, -0.2) is 44.2 Å². The fourth-order valence-corrected chi connectivity index (χ4v) is 4.48. The number of hydrogen-bond acceptors (Lipinski definition) is 6. The van der Waals surface area contributed by atoms with Crippen LogP contribution in [0.3, 0.4) is 0 Å². The molecule has 0 fully saturated rings. The molecule has 2 aromatic heterocycles. The lowest BCUT2D eigenvalue weighted by molar-refractivity contribution is 0.186. The summed E-state index contributed by atoms with van der Waals surface area (Å²) in [7, 11) is 0. The Labute approximate surface area is 190 Å². The third-order valence-electron chi connectivity index (χ3n) is 6.17. The van der Waals surface area contributed by atoms with Gasteiger partial charge in [0.1, 0.15) is 18.1 Å². The summed E-state index contributed by atoms with van der Waals surface area (Å²) in [4.78, 5) is 13.8. The number of para-hydroxylation sites is 1. The summed E-state index contributed by atoms with van der Waals surface area (Å²) in [6.07, 6.45) is 1.13. The van der Waals surface area contributed by atoms with Crippen molar-refractivity contribution in [3.63, 3.8) is 0 Å². The first kappa shape index (κ1) is 21.2. The second-order valence-electron chi connectivity index (χ2n) is 8.49. The van der Waals surface area contributed by atoms with E-state index in [9.17, 15) is 15.0 Å². The van der Waals surface area contributed by atoms with Gasteiger partial charge < -0.3 is 20.3 Å². The molecule has 5 rings (SSSR count). The van der Waals surface area contributed by atoms with Crippen molar-refractivity contribution in [2.24, 2.45) is 0 Å². The normalized spacial score (nSPS) is 17.0. The Morgan fingerprint density at radius 2 is 2.00 bits per heavy atom. The van der Waals surface area contributed by atoms with E-state index < -0.39 is 12.1 Å². The van der Waals surface area contributed by atoms with Crippen LogP contribution in [0.4, 0.5) is 0 Å². The van der Waals surface area contributed by atoms with Gasteiger partial charge in [-0.25, -0.2) is 0 Å². The molecule has 3 unspecified atom stereocenters. The summed E-state index contributed by atoms with van der Waals surface area (Å²) in [6.45, 7) is 4.09. The first-order chi connectivity index (χ1) is 16.0. The predicted molar refractivity (Wildman–Crippen MR) is 126 cm³/mol. The molecule has 4 N–H and O–H groups in total. The fraction of sp³-hybridized carbons (Fsp3) is 0.280. The van der Waals surface area contributed by atoms with Crippen LogP contribution in [0.15, 0.2) is 59.5 Å². The van der Waals surface area contributed by atoms with Gasteiger partial charge in [-0.3, -0.25) is 14.5 Å². The van der Waals surface area contributed by atoms with Gasteiger partial charge in [0.25, 0.3) is 5.56 Å². The van der Waals surface area contributed by atoms with Crippen molar-refractivity contribution in [2.75, 3.05) is 13.2 Å². The molecule has 3 atom stereocenters. The van der Waals surface area contributed by atoms with Gasteiger partial charge in [-0.1, -0.05) is 30.3 Å². The largest absolute Gasteiger partial charge is 0.507 e. The van der Waals surface area contributed by atoms with Gasteiger partial charge in [0.15, 0.2) is 0 Å². The average molecular weight is 447 g/mol. The number of aromatic nitrogens is 3. The van der Waals surface area contributed by atoms with Crippen molar-refractivity contribution in [3.8, 4) is 22.8 Å². The summed E-state index contributed by atoms with van der Waals surface area (Å²) in [5.41, 5.74) is 3.42. The Morgan fingerprint density at radius 1 is 1.21 bits per heavy atom. The van der Waals surface area contributed by atoms with Crippen LogP contribution in [0.1, 0.15) is 37.1 Å². The van der Waals surface area contributed by atoms with E-state index in [0.717, 1.165) is 16.8 Å². The highest BCUT2D eigenvalue weighted by molar-refractivity contribution is 5.91. The Kier molecular flexibility index (Phi) is 5.39. The number of aliphatic hydroxyl groups is 1. The van der Waals surface area contributed by atoms with E-state index in [2.05, 4.69) is 15.5 Å². The number of rotatable bonds is 6. The summed E-state index contributed by atoms with van der Waals surface area (Å²) >= 11 is 0. The summed E-state index contributed by atoms with van der Waals surface area (Å²) in [5.74, 6) is 0.513. The first-order valence-corrected chi connectivity index (χ1v) is 11.0. The number of benzene rings is 2. The summed E-state index contributed by atoms with van der Waals surface area (Å²) < 4.78 is 7.75. The molecule has 0 saturated carbocycles. The van der Waals surface area contributed by atoms with E-state index in [-0.39, 0.29) is 22.9 Å². The SMILES string of the molecule is CC(O)CNC(C)c1c(O)c2cccc3c2n(c1=O)C(c1ccc(-c2ccn[nH]2)cc1)CO3. The average Bonchev–Trinajstić information content (AvgIpc) is 3.36. The van der Waals surface area contributed by atoms with Crippen LogP contribution >= 0.6 is 0 Å². The van der Waals surface area contributed by atoms with Crippen LogP contribution in [-0.2, 0) is 0 Å². The molecular weight excluding hydrogens is 420 g/mol. The monoisotopic (exact) mass is 446 g/mol. The van der Waals surface area contributed by atoms with Gasteiger partial charge in [-0.15, -0.1) is 0 Å². The molecule has 0 spiro atoms. The molecule has 0 radical (unpaired) electrons. The predicted octanol–water partition coefficient (Wildman–Crippen LogP) is 3.11. The molecule has 1 aliphatic heterocycles. The van der Waals surface area contributed by atoms with Crippen LogP contribution in [0, 0.1) is 0 Å². The number of hydrogen-bond donors (Lipinski definition) is 4. The van der Waals surface area contributed by atoms with Crippen molar-refractivity contribution in [3.05, 3.63) is 76.2 Å². The molecule has 4 aromatic rings. The summed E-state index contributed by atoms with van der Waals surface area (Å²) in [6, 6.07) is 14.5. The molecule has 1 aliphatic rings. The Bertz CT molecular complexity index is 1340. The minimum atomic E-state index is -0.572. The Hall–Kier alpha value is -3.62. The highest BCUT2D eigenvalue weighted by Crippen LogP contribution is 2.39. The Balaban J connectivity index is 1.65. The van der Waals surface area contributed by atoms with Gasteiger partial charge in [0, 0.05) is 24.2 Å². The van der Waals surface area contributed by atoms with Crippen molar-refractivity contribution >= 4 is 10.9 Å². The molecule has 170 valence electrons. The minimum Gasteiger partial charge on any atom is -0.507 e. The molecule has 8 heteroatoms. The number of nitrogens with zero attached hydrogens (tertiary/aromatic N) is 2. The van der Waals surface area contributed by atoms with E-state index >= 15 is 0 Å². The molecule has 0 amide bonds. The maximum atomic E-state index is 13.8. The Morgan fingerprint density at radius 3 is 2.70 bits per heavy atom. The quantitative estimate of drug-likeness (QED) is 0.362. The van der Waals surface area contributed by atoms with Crippen LogP contribution in [0.25, 0.3) is 22.2 Å². The zero-order valence-electron chi connectivity index (χ0n) is 18.4. The lowest BCUT2D eigenvalue weighted by atomic mass is 9.99. The number of pyridine rings is 1. The maximum absolute atomic E-state index is 13.8. The molecule has 3 heterocycles. The fourth-order valence-electron chi connectivity index (χ4n) is 4.48. The lowest BCUT2D eigenvalue weighted by Crippen LogP contribution is -2.38. The van der Waals surface area contributed by atoms with Gasteiger partial charge in [-0.2, -0.15) is 5.10 Å². The lowest BCUT2D eigenvalue weighted by Gasteiger charge is -2.30. The molecule has 8 nitrogen and oxygen atoms in total. The summed E-state index contributed by atoms with van der Waals surface area (Å²) in [5, 5.41) is 31.4. The standard InChI is InChI=1S/C25H26N4O4/c1-14(30)12-26-15(2)22-24(31)18-4-3-5-21-23(18)29(25(22)32)20(13-33-21)17-8-6-16(7-9-17)19-10-11-27-28-19/h3-11,14-15,20,26,30-31H,12-13H2,1-2H3,(H,27,28). The number of aliphatic hydroxyl groups excluding tert-OH is 1. The second kappa shape index (κ2) is 8.38. The van der Waals surface area contributed by atoms with Crippen LogP contribution in [0.2, 0.25) is 0 Å². The van der Waals surface area contributed by atoms with Crippen molar-refractivity contribution in [2.45, 2.75) is 32.0 Å². The number of nitrogens with one attached hydrogen (secondary N) is 2. The van der Waals surface area contributed by atoms with Crippen molar-refractivity contribution in [1.29, 1.82) is 0 Å². The smallest absolute Gasteiger partial charge is 0.260 e. The van der Waals surface area contributed by atoms with Gasteiger partial charge in [0.05, 0.1) is 28.9 Å². The van der Waals surface area contributed by atoms with E-state index in [1.807, 2.05) is 49.4 Å². The second-order valence-corrected chi connectivity index (χ2v) is 8.49. The zero-order chi connectivity index (χ0) is 23.1. The first-order valence-electron chi connectivity index (χ1n) is 11.0. The number of aromatic hydroxyl groups is 1.